The first-order valence-corrected chi connectivity index (χ1v) is 10.7. The van der Waals surface area contributed by atoms with Gasteiger partial charge in [-0.2, -0.15) is 0 Å². The summed E-state index contributed by atoms with van der Waals surface area (Å²) in [4.78, 5) is 15.3. The number of aryl methyl sites for hydroxylation is 1. The van der Waals surface area contributed by atoms with Crippen LogP contribution in [0.5, 0.6) is 0 Å². The average molecular weight is 466 g/mol. The number of fused-ring (bicyclic) bond motifs is 1. The second-order valence-electron chi connectivity index (χ2n) is 7.92. The van der Waals surface area contributed by atoms with E-state index >= 15 is 0 Å². The standard InChI is InChI=1S/C24H21BrFN3O/c1-14-5-11-19(12-6-14)29-23(16-3-2-4-18(26)13-16)20-21(27-28-22(20)24(29)30)15-7-9-17(25)10-8-15/h2-13,20-23,27-28H,1H3. The molecule has 3 aromatic carbocycles. The van der Waals surface area contributed by atoms with Crippen molar-refractivity contribution in [3.63, 3.8) is 0 Å². The van der Waals surface area contributed by atoms with Crippen molar-refractivity contribution in [2.75, 3.05) is 4.90 Å². The largest absolute Gasteiger partial charge is 0.303 e. The summed E-state index contributed by atoms with van der Waals surface area (Å²) in [5.41, 5.74) is 10.4. The van der Waals surface area contributed by atoms with Gasteiger partial charge in [-0.3, -0.25) is 4.79 Å². The smallest absolute Gasteiger partial charge is 0.246 e. The van der Waals surface area contributed by atoms with Crippen molar-refractivity contribution in [3.8, 4) is 0 Å². The fourth-order valence-corrected chi connectivity index (χ4v) is 4.91. The Morgan fingerprint density at radius 3 is 2.30 bits per heavy atom. The maximum absolute atomic E-state index is 14.2. The van der Waals surface area contributed by atoms with Crippen LogP contribution in [0.2, 0.25) is 0 Å². The molecule has 0 bridgehead atoms. The van der Waals surface area contributed by atoms with Gasteiger partial charge in [-0.25, -0.2) is 15.2 Å². The molecule has 4 atom stereocenters. The molecule has 1 amide bonds. The normalized spacial score (nSPS) is 25.6. The lowest BCUT2D eigenvalue weighted by molar-refractivity contribution is -0.119. The van der Waals surface area contributed by atoms with Crippen LogP contribution in [0.25, 0.3) is 0 Å². The first-order valence-electron chi connectivity index (χ1n) is 9.94. The molecule has 2 aliphatic rings. The van der Waals surface area contributed by atoms with Gasteiger partial charge < -0.3 is 4.90 Å². The van der Waals surface area contributed by atoms with Crippen molar-refractivity contribution < 1.29 is 9.18 Å². The monoisotopic (exact) mass is 465 g/mol. The second kappa shape index (κ2) is 7.61. The molecule has 2 heterocycles. The highest BCUT2D eigenvalue weighted by molar-refractivity contribution is 9.10. The zero-order valence-corrected chi connectivity index (χ0v) is 17.9. The molecule has 0 radical (unpaired) electrons. The number of halogens is 2. The van der Waals surface area contributed by atoms with Crippen LogP contribution < -0.4 is 15.8 Å². The lowest BCUT2D eigenvalue weighted by Gasteiger charge is -2.31. The SMILES string of the molecule is Cc1ccc(N2C(=O)C3NNC(c4ccc(Br)cc4)C3C2c2cccc(F)c2)cc1. The summed E-state index contributed by atoms with van der Waals surface area (Å²) in [6.07, 6.45) is 0. The quantitative estimate of drug-likeness (QED) is 0.582. The van der Waals surface area contributed by atoms with Gasteiger partial charge in [0.2, 0.25) is 5.91 Å². The summed E-state index contributed by atoms with van der Waals surface area (Å²) in [5.74, 6) is -0.404. The van der Waals surface area contributed by atoms with Crippen LogP contribution in [0.4, 0.5) is 10.1 Å². The van der Waals surface area contributed by atoms with Crippen molar-refractivity contribution in [1.82, 2.24) is 10.9 Å². The number of nitrogens with zero attached hydrogens (tertiary/aromatic N) is 1. The molecule has 5 rings (SSSR count). The second-order valence-corrected chi connectivity index (χ2v) is 8.83. The molecule has 30 heavy (non-hydrogen) atoms. The molecule has 0 aliphatic carbocycles. The lowest BCUT2D eigenvalue weighted by atomic mass is 9.83. The van der Waals surface area contributed by atoms with E-state index in [2.05, 4.69) is 26.8 Å². The number of anilines is 1. The molecule has 4 unspecified atom stereocenters. The number of hydrogen-bond donors (Lipinski definition) is 2. The molecule has 2 aliphatic heterocycles. The summed E-state index contributed by atoms with van der Waals surface area (Å²) < 4.78 is 15.2. The predicted molar refractivity (Wildman–Crippen MR) is 118 cm³/mol. The van der Waals surface area contributed by atoms with Crippen LogP contribution in [-0.4, -0.2) is 11.9 Å². The lowest BCUT2D eigenvalue weighted by Crippen LogP contribution is -2.41. The molecule has 2 N–H and O–H groups in total. The van der Waals surface area contributed by atoms with E-state index in [1.807, 2.05) is 66.4 Å². The topological polar surface area (TPSA) is 44.4 Å². The maximum Gasteiger partial charge on any atom is 0.246 e. The Kier molecular flexibility index (Phi) is 4.93. The minimum absolute atomic E-state index is 0.00905. The summed E-state index contributed by atoms with van der Waals surface area (Å²) in [7, 11) is 0. The number of carbonyl (C=O) groups excluding carboxylic acids is 1. The molecular formula is C24H21BrFN3O. The number of hydrogen-bond acceptors (Lipinski definition) is 3. The summed E-state index contributed by atoms with van der Waals surface area (Å²) in [6.45, 7) is 2.02. The van der Waals surface area contributed by atoms with Crippen LogP contribution >= 0.6 is 15.9 Å². The van der Waals surface area contributed by atoms with Crippen LogP contribution in [-0.2, 0) is 4.79 Å². The molecule has 0 aromatic heterocycles. The van der Waals surface area contributed by atoms with E-state index in [-0.39, 0.29) is 29.7 Å². The molecule has 0 saturated carbocycles. The Hall–Kier alpha value is -2.54. The van der Waals surface area contributed by atoms with Crippen LogP contribution in [0.15, 0.2) is 77.3 Å². The first-order chi connectivity index (χ1) is 14.5. The molecule has 6 heteroatoms. The zero-order chi connectivity index (χ0) is 20.8. The molecular weight excluding hydrogens is 445 g/mol. The highest BCUT2D eigenvalue weighted by atomic mass is 79.9. The summed E-state index contributed by atoms with van der Waals surface area (Å²) >= 11 is 3.48. The highest BCUT2D eigenvalue weighted by Crippen LogP contribution is 2.49. The van der Waals surface area contributed by atoms with Crippen molar-refractivity contribution in [2.45, 2.75) is 25.0 Å². The summed E-state index contributed by atoms with van der Waals surface area (Å²) in [5, 5.41) is 0. The van der Waals surface area contributed by atoms with E-state index in [1.165, 1.54) is 6.07 Å². The molecule has 2 fully saturated rings. The van der Waals surface area contributed by atoms with Gasteiger partial charge in [-0.05, 0) is 54.4 Å². The molecule has 4 nitrogen and oxygen atoms in total. The number of carbonyl (C=O) groups is 1. The van der Waals surface area contributed by atoms with E-state index in [4.69, 9.17) is 0 Å². The van der Waals surface area contributed by atoms with Gasteiger partial charge in [0.15, 0.2) is 0 Å². The van der Waals surface area contributed by atoms with Gasteiger partial charge in [0.1, 0.15) is 11.9 Å². The third-order valence-electron chi connectivity index (χ3n) is 6.04. The van der Waals surface area contributed by atoms with Gasteiger partial charge in [0.05, 0.1) is 12.1 Å². The first kappa shape index (κ1) is 19.4. The third kappa shape index (κ3) is 3.25. The van der Waals surface area contributed by atoms with E-state index in [1.54, 1.807) is 12.1 Å². The minimum atomic E-state index is -0.395. The Morgan fingerprint density at radius 1 is 0.900 bits per heavy atom. The Bertz CT molecular complexity index is 1090. The summed E-state index contributed by atoms with van der Waals surface area (Å²) in [6, 6.07) is 21.8. The molecule has 152 valence electrons. The molecule has 2 saturated heterocycles. The highest BCUT2D eigenvalue weighted by Gasteiger charge is 2.56. The van der Waals surface area contributed by atoms with Gasteiger partial charge >= 0.3 is 0 Å². The molecule has 0 spiro atoms. The Morgan fingerprint density at radius 2 is 1.60 bits per heavy atom. The van der Waals surface area contributed by atoms with Crippen LogP contribution in [0, 0.1) is 18.7 Å². The van der Waals surface area contributed by atoms with Gasteiger partial charge in [0.25, 0.3) is 0 Å². The zero-order valence-electron chi connectivity index (χ0n) is 16.3. The number of nitrogens with one attached hydrogen (secondary N) is 2. The van der Waals surface area contributed by atoms with Gasteiger partial charge in [-0.1, -0.05) is 57.9 Å². The van der Waals surface area contributed by atoms with Crippen molar-refractivity contribution in [1.29, 1.82) is 0 Å². The van der Waals surface area contributed by atoms with E-state index < -0.39 is 6.04 Å². The Balaban J connectivity index is 1.63. The van der Waals surface area contributed by atoms with Crippen molar-refractivity contribution in [3.05, 3.63) is 99.8 Å². The number of hydrazine groups is 1. The predicted octanol–water partition coefficient (Wildman–Crippen LogP) is 4.82. The van der Waals surface area contributed by atoms with Crippen LogP contribution in [0.1, 0.15) is 28.8 Å². The third-order valence-corrected chi connectivity index (χ3v) is 6.57. The average Bonchev–Trinajstić information content (AvgIpc) is 3.28. The fraction of sp³-hybridized carbons (Fsp3) is 0.208. The van der Waals surface area contributed by atoms with Gasteiger partial charge in [-0.15, -0.1) is 0 Å². The number of benzene rings is 3. The fourth-order valence-electron chi connectivity index (χ4n) is 4.65. The molecule has 3 aromatic rings. The van der Waals surface area contributed by atoms with Crippen LogP contribution in [0.3, 0.4) is 0 Å². The van der Waals surface area contributed by atoms with E-state index in [9.17, 15) is 9.18 Å². The minimum Gasteiger partial charge on any atom is -0.303 e. The maximum atomic E-state index is 14.2. The van der Waals surface area contributed by atoms with E-state index in [0.717, 1.165) is 26.9 Å². The van der Waals surface area contributed by atoms with Gasteiger partial charge in [0, 0.05) is 16.1 Å². The van der Waals surface area contributed by atoms with Crippen molar-refractivity contribution in [2.24, 2.45) is 5.92 Å². The Labute approximate surface area is 183 Å². The number of amides is 1. The number of rotatable bonds is 3. The van der Waals surface area contributed by atoms with E-state index in [0.29, 0.717) is 0 Å². The van der Waals surface area contributed by atoms with Crippen molar-refractivity contribution >= 4 is 27.5 Å².